The van der Waals surface area contributed by atoms with Crippen LogP contribution in [-0.4, -0.2) is 42.7 Å². The number of piperidine rings is 1. The lowest BCUT2D eigenvalue weighted by molar-refractivity contribution is 0.199. The maximum absolute atomic E-state index is 12.2. The van der Waals surface area contributed by atoms with Gasteiger partial charge in [0.05, 0.1) is 6.54 Å². The fraction of sp³-hybridized carbons (Fsp3) is 0.368. The molecular weight excluding hydrogens is 342 g/mol. The van der Waals surface area contributed by atoms with Crippen molar-refractivity contribution in [1.82, 2.24) is 29.6 Å². The lowest BCUT2D eigenvalue weighted by atomic mass is 9.95. The SMILES string of the molecule is Nc1ncc(CN2CCC(c3n[nH]c(=O)n3Cc3ccccc3)CC2)cn1. The van der Waals surface area contributed by atoms with E-state index in [1.165, 1.54) is 0 Å². The van der Waals surface area contributed by atoms with E-state index in [9.17, 15) is 4.79 Å². The largest absolute Gasteiger partial charge is 0.368 e. The second-order valence-electron chi connectivity index (χ2n) is 6.96. The van der Waals surface area contributed by atoms with E-state index in [4.69, 9.17) is 5.73 Å². The van der Waals surface area contributed by atoms with Gasteiger partial charge in [0, 0.05) is 30.4 Å². The fourth-order valence-corrected chi connectivity index (χ4v) is 3.61. The second kappa shape index (κ2) is 7.71. The highest BCUT2D eigenvalue weighted by Crippen LogP contribution is 2.27. The van der Waals surface area contributed by atoms with E-state index in [0.29, 0.717) is 12.5 Å². The molecule has 0 amide bonds. The Morgan fingerprint density at radius 2 is 1.74 bits per heavy atom. The van der Waals surface area contributed by atoms with E-state index in [0.717, 1.165) is 49.4 Å². The van der Waals surface area contributed by atoms with Gasteiger partial charge in [0.2, 0.25) is 5.95 Å². The highest BCUT2D eigenvalue weighted by molar-refractivity contribution is 5.18. The van der Waals surface area contributed by atoms with Gasteiger partial charge >= 0.3 is 5.69 Å². The Labute approximate surface area is 157 Å². The number of hydrogen-bond acceptors (Lipinski definition) is 6. The van der Waals surface area contributed by atoms with Gasteiger partial charge < -0.3 is 5.73 Å². The van der Waals surface area contributed by atoms with Crippen molar-refractivity contribution in [2.45, 2.75) is 31.8 Å². The number of hydrogen-bond donors (Lipinski definition) is 2. The molecule has 0 spiro atoms. The summed E-state index contributed by atoms with van der Waals surface area (Å²) in [6, 6.07) is 10.0. The molecule has 3 N–H and O–H groups in total. The normalized spacial score (nSPS) is 15.9. The first-order valence-electron chi connectivity index (χ1n) is 9.17. The quantitative estimate of drug-likeness (QED) is 0.707. The maximum Gasteiger partial charge on any atom is 0.343 e. The molecule has 1 aliphatic rings. The van der Waals surface area contributed by atoms with Crippen molar-refractivity contribution in [2.75, 3.05) is 18.8 Å². The maximum atomic E-state index is 12.2. The van der Waals surface area contributed by atoms with E-state index >= 15 is 0 Å². The number of anilines is 1. The van der Waals surface area contributed by atoms with E-state index in [-0.39, 0.29) is 11.6 Å². The third-order valence-corrected chi connectivity index (χ3v) is 5.06. The number of aromatic nitrogens is 5. The molecule has 1 fully saturated rings. The molecule has 1 aromatic carbocycles. The van der Waals surface area contributed by atoms with Crippen LogP contribution in [0, 0.1) is 0 Å². The van der Waals surface area contributed by atoms with Crippen molar-refractivity contribution in [2.24, 2.45) is 0 Å². The topological polar surface area (TPSA) is 106 Å². The van der Waals surface area contributed by atoms with Crippen molar-refractivity contribution < 1.29 is 0 Å². The molecule has 0 unspecified atom stereocenters. The van der Waals surface area contributed by atoms with E-state index in [2.05, 4.69) is 25.1 Å². The molecule has 27 heavy (non-hydrogen) atoms. The van der Waals surface area contributed by atoms with Crippen molar-refractivity contribution >= 4 is 5.95 Å². The molecule has 8 heteroatoms. The summed E-state index contributed by atoms with van der Waals surface area (Å²) in [4.78, 5) is 22.7. The van der Waals surface area contributed by atoms with Crippen LogP contribution in [0.2, 0.25) is 0 Å². The van der Waals surface area contributed by atoms with Gasteiger partial charge in [-0.15, -0.1) is 0 Å². The minimum absolute atomic E-state index is 0.143. The fourth-order valence-electron chi connectivity index (χ4n) is 3.61. The molecule has 0 bridgehead atoms. The average molecular weight is 365 g/mol. The molecule has 4 rings (SSSR count). The summed E-state index contributed by atoms with van der Waals surface area (Å²) in [7, 11) is 0. The van der Waals surface area contributed by atoms with Gasteiger partial charge in [-0.2, -0.15) is 5.10 Å². The number of likely N-dealkylation sites (tertiary alicyclic amines) is 1. The highest BCUT2D eigenvalue weighted by Gasteiger charge is 2.25. The Kier molecular flexibility index (Phi) is 4.97. The van der Waals surface area contributed by atoms with Crippen LogP contribution in [0.15, 0.2) is 47.5 Å². The van der Waals surface area contributed by atoms with Crippen LogP contribution >= 0.6 is 0 Å². The number of H-pyrrole nitrogens is 1. The molecule has 2 aromatic heterocycles. The first-order chi connectivity index (χ1) is 13.2. The summed E-state index contributed by atoms with van der Waals surface area (Å²) in [6.07, 6.45) is 5.49. The van der Waals surface area contributed by atoms with Crippen molar-refractivity contribution in [3.63, 3.8) is 0 Å². The molecule has 8 nitrogen and oxygen atoms in total. The lowest BCUT2D eigenvalue weighted by Crippen LogP contribution is -2.34. The first kappa shape index (κ1) is 17.4. The molecule has 0 radical (unpaired) electrons. The average Bonchev–Trinajstić information content (AvgIpc) is 3.06. The monoisotopic (exact) mass is 365 g/mol. The van der Waals surface area contributed by atoms with Crippen LogP contribution in [0.4, 0.5) is 5.95 Å². The van der Waals surface area contributed by atoms with E-state index < -0.39 is 0 Å². The number of nitrogens with two attached hydrogens (primary N) is 1. The smallest absolute Gasteiger partial charge is 0.343 e. The van der Waals surface area contributed by atoms with Gasteiger partial charge in [0.15, 0.2) is 0 Å². The third-order valence-electron chi connectivity index (χ3n) is 5.06. The number of nitrogens with zero attached hydrogens (tertiary/aromatic N) is 5. The molecule has 1 saturated heterocycles. The van der Waals surface area contributed by atoms with Gasteiger partial charge in [-0.25, -0.2) is 19.9 Å². The van der Waals surface area contributed by atoms with Crippen LogP contribution in [0.5, 0.6) is 0 Å². The highest BCUT2D eigenvalue weighted by atomic mass is 16.1. The molecule has 0 atom stereocenters. The Balaban J connectivity index is 1.41. The number of nitrogens with one attached hydrogen (secondary N) is 1. The molecule has 3 heterocycles. The summed E-state index contributed by atoms with van der Waals surface area (Å²) in [5, 5.41) is 6.95. The molecule has 0 saturated carbocycles. The molecule has 140 valence electrons. The van der Waals surface area contributed by atoms with Crippen LogP contribution < -0.4 is 11.4 Å². The predicted molar refractivity (Wildman–Crippen MR) is 102 cm³/mol. The zero-order valence-corrected chi connectivity index (χ0v) is 15.1. The zero-order valence-electron chi connectivity index (χ0n) is 15.1. The Morgan fingerprint density at radius 3 is 2.44 bits per heavy atom. The van der Waals surface area contributed by atoms with Gasteiger partial charge in [0.25, 0.3) is 0 Å². The molecule has 1 aliphatic heterocycles. The van der Waals surface area contributed by atoms with Gasteiger partial charge in [-0.1, -0.05) is 30.3 Å². The summed E-state index contributed by atoms with van der Waals surface area (Å²) >= 11 is 0. The molecule has 3 aromatic rings. The Morgan fingerprint density at radius 1 is 1.04 bits per heavy atom. The summed E-state index contributed by atoms with van der Waals surface area (Å²) in [5.74, 6) is 1.44. The Bertz CT molecular complexity index is 925. The number of rotatable bonds is 5. The molecular formula is C19H23N7O. The Hall–Kier alpha value is -3.00. The third kappa shape index (κ3) is 4.06. The first-order valence-corrected chi connectivity index (χ1v) is 9.17. The minimum atomic E-state index is -0.143. The summed E-state index contributed by atoms with van der Waals surface area (Å²) < 4.78 is 1.77. The molecule has 0 aliphatic carbocycles. The summed E-state index contributed by atoms with van der Waals surface area (Å²) in [5.41, 5.74) is 7.56. The minimum Gasteiger partial charge on any atom is -0.368 e. The van der Waals surface area contributed by atoms with Crippen molar-refractivity contribution in [3.05, 3.63) is 70.2 Å². The van der Waals surface area contributed by atoms with Crippen molar-refractivity contribution in [1.29, 1.82) is 0 Å². The standard InChI is InChI=1S/C19H23N7O/c20-18-21-10-15(11-22-18)12-25-8-6-16(7-9-25)17-23-24-19(27)26(17)13-14-4-2-1-3-5-14/h1-5,10-11,16H,6-9,12-13H2,(H,24,27)(H2,20,21,22). The predicted octanol–water partition coefficient (Wildman–Crippen LogP) is 1.37. The van der Waals surface area contributed by atoms with Gasteiger partial charge in [-0.3, -0.25) is 9.47 Å². The van der Waals surface area contributed by atoms with Crippen molar-refractivity contribution in [3.8, 4) is 0 Å². The van der Waals surface area contributed by atoms with Crippen LogP contribution in [0.3, 0.4) is 0 Å². The van der Waals surface area contributed by atoms with Crippen LogP contribution in [0.1, 0.15) is 35.7 Å². The van der Waals surface area contributed by atoms with Crippen LogP contribution in [0.25, 0.3) is 0 Å². The zero-order chi connectivity index (χ0) is 18.6. The second-order valence-corrected chi connectivity index (χ2v) is 6.96. The van der Waals surface area contributed by atoms with E-state index in [1.54, 1.807) is 17.0 Å². The lowest BCUT2D eigenvalue weighted by Gasteiger charge is -2.31. The number of benzene rings is 1. The van der Waals surface area contributed by atoms with E-state index in [1.807, 2.05) is 30.3 Å². The van der Waals surface area contributed by atoms with Gasteiger partial charge in [-0.05, 0) is 31.5 Å². The number of aromatic amines is 1. The number of nitrogen functional groups attached to an aromatic ring is 1. The summed E-state index contributed by atoms with van der Waals surface area (Å²) in [6.45, 7) is 3.25. The van der Waals surface area contributed by atoms with Crippen LogP contribution in [-0.2, 0) is 13.1 Å². The van der Waals surface area contributed by atoms with Gasteiger partial charge in [0.1, 0.15) is 5.82 Å².